The average Bonchev–Trinajstić information content (AvgIpc) is 3.68. The molecule has 0 fully saturated rings. The number of carbonyl (C=O) groups is 1. The first-order valence-electron chi connectivity index (χ1n) is 18.6. The molecule has 6 aromatic rings. The van der Waals surface area contributed by atoms with Gasteiger partial charge in [-0.3, -0.25) is 9.78 Å². The number of allylic oxidation sites excluding steroid dienone is 2. The number of fused-ring (bicyclic) bond motifs is 5. The third kappa shape index (κ3) is 8.39. The van der Waals surface area contributed by atoms with E-state index in [1.807, 2.05) is 64.2 Å². The summed E-state index contributed by atoms with van der Waals surface area (Å²) in [5.74, 6) is 0.933. The maximum Gasteiger partial charge on any atom is 0.164 e. The Kier molecular flexibility index (Phi) is 13.3. The minimum Gasteiger partial charge on any atom is -0.512 e. The number of aliphatic hydroxyl groups is 1. The van der Waals surface area contributed by atoms with E-state index in [4.69, 9.17) is 9.97 Å². The van der Waals surface area contributed by atoms with Crippen LogP contribution in [0.25, 0.3) is 52.4 Å². The average molecular weight is 912 g/mol. The summed E-state index contributed by atoms with van der Waals surface area (Å²) in [6, 6.07) is 19.2. The molecule has 6 rings (SSSR count). The van der Waals surface area contributed by atoms with Crippen LogP contribution in [0, 0.1) is 22.8 Å². The zero-order valence-electron chi connectivity index (χ0n) is 32.8. The molecule has 4 nitrogen and oxygen atoms in total. The number of hydrogen-bond donors (Lipinski definition) is 1. The topological polar surface area (TPSA) is 63.1 Å². The summed E-state index contributed by atoms with van der Waals surface area (Å²) >= 11 is 3.65. The molecule has 3 aromatic carbocycles. The first kappa shape index (κ1) is 41.8. The monoisotopic (exact) mass is 912 g/mol. The van der Waals surface area contributed by atoms with Crippen LogP contribution in [-0.2, 0) is 36.7 Å². The number of aliphatic hydroxyl groups excluding tert-OH is 1. The van der Waals surface area contributed by atoms with Crippen LogP contribution < -0.4 is 0 Å². The van der Waals surface area contributed by atoms with Crippen molar-refractivity contribution < 1.29 is 30.0 Å². The largest absolute Gasteiger partial charge is 0.512 e. The maximum absolute atomic E-state index is 12.2. The van der Waals surface area contributed by atoms with Gasteiger partial charge in [0.05, 0.1) is 5.52 Å². The smallest absolute Gasteiger partial charge is 0.164 e. The summed E-state index contributed by atoms with van der Waals surface area (Å²) in [6.07, 6.45) is 7.58. The van der Waals surface area contributed by atoms with Gasteiger partial charge in [-0.25, -0.2) is 4.98 Å². The van der Waals surface area contributed by atoms with Gasteiger partial charge in [-0.15, -0.1) is 51.8 Å². The molecule has 0 amide bonds. The fraction of sp³-hybridized carbons (Fsp3) is 0.444. The van der Waals surface area contributed by atoms with E-state index in [9.17, 15) is 9.90 Å². The van der Waals surface area contributed by atoms with E-state index in [0.29, 0.717) is 5.92 Å². The van der Waals surface area contributed by atoms with Crippen LogP contribution in [0.4, 0.5) is 0 Å². The fourth-order valence-corrected chi connectivity index (χ4v) is 8.78. The quantitative estimate of drug-likeness (QED) is 0.0845. The summed E-state index contributed by atoms with van der Waals surface area (Å²) in [6.45, 7) is 23.5. The molecule has 7 heteroatoms. The van der Waals surface area contributed by atoms with Crippen LogP contribution in [0.2, 0.25) is 0 Å². The van der Waals surface area contributed by atoms with Gasteiger partial charge in [0.1, 0.15) is 12.1 Å². The predicted octanol–water partition coefficient (Wildman–Crippen LogP) is 13.8. The molecule has 0 aliphatic heterocycles. The molecule has 3 aromatic heterocycles. The number of nitrogens with zero attached hydrogens (tertiary/aromatic N) is 2. The SMILES string of the molecule is CC(C)Cc1csc2cc3c(cc12)sc1c(-c2[c-]c4ccccc4c(C(C)(C)C)c2)ncnc13.CCC(C)(CC)C(=O)/C=C(\O)C(C)(CC)CC.[Ir]. The Morgan fingerprint density at radius 3 is 2.12 bits per heavy atom. The van der Waals surface area contributed by atoms with Gasteiger partial charge >= 0.3 is 0 Å². The van der Waals surface area contributed by atoms with E-state index in [1.165, 1.54) is 42.8 Å². The molecule has 1 radical (unpaired) electrons. The number of hydrogen-bond acceptors (Lipinski definition) is 6. The number of thiophene rings is 2. The van der Waals surface area contributed by atoms with Gasteiger partial charge in [-0.05, 0) is 71.9 Å². The molecule has 52 heavy (non-hydrogen) atoms. The van der Waals surface area contributed by atoms with Gasteiger partial charge in [0.15, 0.2) is 5.78 Å². The van der Waals surface area contributed by atoms with E-state index in [0.717, 1.165) is 59.0 Å². The van der Waals surface area contributed by atoms with Gasteiger partial charge in [-0.1, -0.05) is 105 Å². The van der Waals surface area contributed by atoms with Crippen molar-refractivity contribution in [1.29, 1.82) is 0 Å². The Balaban J connectivity index is 0.000000289. The molecular weight excluding hydrogens is 857 g/mol. The van der Waals surface area contributed by atoms with Crippen LogP contribution in [0.15, 0.2) is 66.0 Å². The van der Waals surface area contributed by atoms with Crippen molar-refractivity contribution >= 4 is 69.6 Å². The Labute approximate surface area is 332 Å². The number of ketones is 1. The van der Waals surface area contributed by atoms with Crippen LogP contribution >= 0.6 is 22.7 Å². The number of benzene rings is 3. The van der Waals surface area contributed by atoms with Crippen molar-refractivity contribution in [3.05, 3.63) is 83.2 Å². The van der Waals surface area contributed by atoms with E-state index in [-0.39, 0.29) is 47.9 Å². The zero-order chi connectivity index (χ0) is 37.3. The third-order valence-electron chi connectivity index (χ3n) is 11.1. The minimum absolute atomic E-state index is 0. The van der Waals surface area contributed by atoms with Gasteiger partial charge in [0.2, 0.25) is 0 Å². The van der Waals surface area contributed by atoms with Crippen molar-refractivity contribution in [3.8, 4) is 11.3 Å². The summed E-state index contributed by atoms with van der Waals surface area (Å²) in [4.78, 5) is 21.7. The summed E-state index contributed by atoms with van der Waals surface area (Å²) < 4.78 is 3.77. The van der Waals surface area contributed by atoms with E-state index < -0.39 is 0 Å². The number of aromatic nitrogens is 2. The van der Waals surface area contributed by atoms with Gasteiger partial charge in [0, 0.05) is 62.2 Å². The van der Waals surface area contributed by atoms with E-state index in [1.54, 1.807) is 6.33 Å². The van der Waals surface area contributed by atoms with Gasteiger partial charge in [0.25, 0.3) is 0 Å². The third-order valence-corrected chi connectivity index (χ3v) is 13.2. The van der Waals surface area contributed by atoms with Crippen molar-refractivity contribution in [2.45, 2.75) is 114 Å². The first-order chi connectivity index (χ1) is 24.1. The van der Waals surface area contributed by atoms with Crippen molar-refractivity contribution in [2.24, 2.45) is 16.7 Å². The van der Waals surface area contributed by atoms with Gasteiger partial charge < -0.3 is 5.11 Å². The molecule has 0 unspecified atom stereocenters. The second-order valence-corrected chi connectivity index (χ2v) is 18.0. The minimum atomic E-state index is -0.337. The van der Waals surface area contributed by atoms with E-state index >= 15 is 0 Å². The number of rotatable bonds is 10. The van der Waals surface area contributed by atoms with Crippen LogP contribution in [-0.4, -0.2) is 20.9 Å². The molecule has 279 valence electrons. The zero-order valence-corrected chi connectivity index (χ0v) is 36.8. The van der Waals surface area contributed by atoms with E-state index in [2.05, 4.69) is 88.5 Å². The van der Waals surface area contributed by atoms with Crippen LogP contribution in [0.1, 0.15) is 113 Å². The molecule has 0 bridgehead atoms. The van der Waals surface area contributed by atoms with Crippen molar-refractivity contribution in [1.82, 2.24) is 9.97 Å². The molecule has 0 aliphatic rings. The first-order valence-corrected chi connectivity index (χ1v) is 20.3. The maximum atomic E-state index is 12.2. The Hall–Kier alpha value is -2.96. The molecule has 0 spiro atoms. The molecule has 0 aliphatic carbocycles. The van der Waals surface area contributed by atoms with Crippen molar-refractivity contribution in [3.63, 3.8) is 0 Å². The van der Waals surface area contributed by atoms with Crippen molar-refractivity contribution in [2.75, 3.05) is 0 Å². The molecule has 1 N–H and O–H groups in total. The second-order valence-electron chi connectivity index (χ2n) is 16.0. The molecular formula is C45H55IrN2O2S2-. The Morgan fingerprint density at radius 2 is 1.50 bits per heavy atom. The predicted molar refractivity (Wildman–Crippen MR) is 222 cm³/mol. The van der Waals surface area contributed by atoms with Crippen LogP contribution in [0.5, 0.6) is 0 Å². The standard InChI is InChI=1S/C30H27N2S2.C15H28O2.Ir/c1-17(2)10-20-15-33-25-14-23-26(13-22(20)25)34-29-27(31-16-32-28(23)29)19-11-18-8-6-7-9-21(18)24(12-19)30(3,4)5;1-7-14(5,8-2)12(16)11-13(17)15(6,9-3)10-4;/h6-9,12-17H,10H2,1-5H3;11,16H,7-10H2,1-6H3;/q-1;;/b;12-11-;. The van der Waals surface area contributed by atoms with Crippen LogP contribution in [0.3, 0.4) is 0 Å². The molecule has 3 heterocycles. The Bertz CT molecular complexity index is 2210. The molecule has 0 saturated carbocycles. The Morgan fingerprint density at radius 1 is 0.865 bits per heavy atom. The molecule has 0 atom stereocenters. The second kappa shape index (κ2) is 16.6. The fourth-order valence-electron chi connectivity index (χ4n) is 6.60. The summed E-state index contributed by atoms with van der Waals surface area (Å²) in [5, 5.41) is 17.5. The molecule has 0 saturated heterocycles. The van der Waals surface area contributed by atoms with Gasteiger partial charge in [-0.2, -0.15) is 0 Å². The normalized spacial score (nSPS) is 12.8. The number of carbonyl (C=O) groups excluding carboxylic acids is 1. The summed E-state index contributed by atoms with van der Waals surface area (Å²) in [5.41, 5.74) is 5.27. The summed E-state index contributed by atoms with van der Waals surface area (Å²) in [7, 11) is 0.